The molecule has 0 aliphatic rings. The second kappa shape index (κ2) is 4.07. The average molecular weight is 184 g/mol. The molecule has 1 heterocycles. The first-order valence-electron chi connectivity index (χ1n) is 3.65. The quantitative estimate of drug-likeness (QED) is 0.661. The third-order valence-electron chi connectivity index (χ3n) is 1.48. The molecule has 1 aromatic rings. The van der Waals surface area contributed by atoms with Crippen LogP contribution < -0.4 is 0 Å². The van der Waals surface area contributed by atoms with E-state index in [0.29, 0.717) is 5.82 Å². The van der Waals surface area contributed by atoms with Crippen LogP contribution in [0.1, 0.15) is 18.4 Å². The second-order valence-corrected chi connectivity index (χ2v) is 2.40. The van der Waals surface area contributed by atoms with Gasteiger partial charge in [-0.25, -0.2) is 9.66 Å². The summed E-state index contributed by atoms with van der Waals surface area (Å²) in [4.78, 5) is 4.24. The molecule has 3 nitrogen and oxygen atoms in total. The minimum absolute atomic E-state index is 0.712. The van der Waals surface area contributed by atoms with Gasteiger partial charge in [-0.05, 0) is 12.5 Å². The molecular weight excluding hydrogens is 174 g/mol. The summed E-state index contributed by atoms with van der Waals surface area (Å²) in [5.41, 5.74) is 2.18. The fourth-order valence-electron chi connectivity index (χ4n) is 0.884. The molecule has 12 heavy (non-hydrogen) atoms. The maximum Gasteiger partial charge on any atom is 0.153 e. The molecule has 0 amide bonds. The van der Waals surface area contributed by atoms with Crippen molar-refractivity contribution in [2.75, 3.05) is 0 Å². The highest BCUT2D eigenvalue weighted by Gasteiger charge is 2.00. The van der Waals surface area contributed by atoms with Gasteiger partial charge in [-0.2, -0.15) is 5.10 Å². The Morgan fingerprint density at radius 2 is 2.58 bits per heavy atom. The van der Waals surface area contributed by atoms with E-state index in [4.69, 9.17) is 11.6 Å². The zero-order valence-corrected chi connectivity index (χ0v) is 7.62. The zero-order valence-electron chi connectivity index (χ0n) is 6.87. The van der Waals surface area contributed by atoms with E-state index < -0.39 is 0 Å². The SMILES string of the molecule is C=Cc1nc(CC)cn1/N=C/Cl. The Morgan fingerprint density at radius 1 is 1.83 bits per heavy atom. The van der Waals surface area contributed by atoms with E-state index >= 15 is 0 Å². The van der Waals surface area contributed by atoms with Gasteiger partial charge in [0.25, 0.3) is 0 Å². The van der Waals surface area contributed by atoms with E-state index in [-0.39, 0.29) is 0 Å². The monoisotopic (exact) mass is 183 g/mol. The topological polar surface area (TPSA) is 30.2 Å². The van der Waals surface area contributed by atoms with Gasteiger partial charge in [0.1, 0.15) is 5.67 Å². The zero-order chi connectivity index (χ0) is 8.97. The highest BCUT2D eigenvalue weighted by atomic mass is 35.5. The van der Waals surface area contributed by atoms with E-state index in [9.17, 15) is 0 Å². The van der Waals surface area contributed by atoms with Crippen LogP contribution >= 0.6 is 11.6 Å². The summed E-state index contributed by atoms with van der Waals surface area (Å²) in [5, 5.41) is 3.87. The summed E-state index contributed by atoms with van der Waals surface area (Å²) in [6.07, 6.45) is 4.35. The number of aromatic nitrogens is 2. The third-order valence-corrected chi connectivity index (χ3v) is 1.56. The highest BCUT2D eigenvalue weighted by Crippen LogP contribution is 2.04. The van der Waals surface area contributed by atoms with E-state index in [1.54, 1.807) is 10.8 Å². The standard InChI is InChI=1S/C8H10ClN3/c1-3-7-5-12(10-6-9)8(4-2)11-7/h4-6H,2-3H2,1H3/b10-6+. The molecule has 1 rings (SSSR count). The van der Waals surface area contributed by atoms with Crippen LogP contribution in [0.5, 0.6) is 0 Å². The Balaban J connectivity index is 3.07. The predicted octanol–water partition coefficient (Wildman–Crippen LogP) is 2.12. The summed E-state index contributed by atoms with van der Waals surface area (Å²) in [7, 11) is 0. The number of aryl methyl sites for hydroxylation is 1. The first kappa shape index (κ1) is 9.00. The average Bonchev–Trinajstić information content (AvgIpc) is 2.48. The van der Waals surface area contributed by atoms with Crippen LogP contribution in [0.3, 0.4) is 0 Å². The third kappa shape index (κ3) is 1.74. The van der Waals surface area contributed by atoms with Crippen LogP contribution in [-0.2, 0) is 6.42 Å². The minimum atomic E-state index is 0.712. The lowest BCUT2D eigenvalue weighted by atomic mass is 10.4. The molecule has 0 N–H and O–H groups in total. The second-order valence-electron chi connectivity index (χ2n) is 2.21. The van der Waals surface area contributed by atoms with Gasteiger partial charge in [0.05, 0.1) is 11.9 Å². The number of halogens is 1. The lowest BCUT2D eigenvalue weighted by Gasteiger charge is -1.91. The molecule has 0 spiro atoms. The number of nitrogens with zero attached hydrogens (tertiary/aromatic N) is 3. The molecule has 0 radical (unpaired) electrons. The minimum Gasteiger partial charge on any atom is -0.232 e. The molecule has 64 valence electrons. The van der Waals surface area contributed by atoms with Gasteiger partial charge in [0.15, 0.2) is 5.82 Å². The fourth-order valence-corrected chi connectivity index (χ4v) is 0.978. The molecular formula is C8H10ClN3. The van der Waals surface area contributed by atoms with Crippen LogP contribution in [0.15, 0.2) is 17.9 Å². The molecule has 0 fully saturated rings. The van der Waals surface area contributed by atoms with Crippen molar-refractivity contribution < 1.29 is 0 Å². The molecule has 0 saturated heterocycles. The van der Waals surface area contributed by atoms with E-state index in [2.05, 4.69) is 16.7 Å². The van der Waals surface area contributed by atoms with Crippen LogP contribution in [-0.4, -0.2) is 15.3 Å². The van der Waals surface area contributed by atoms with Crippen LogP contribution in [0, 0.1) is 0 Å². The van der Waals surface area contributed by atoms with Gasteiger partial charge in [-0.1, -0.05) is 25.1 Å². The van der Waals surface area contributed by atoms with E-state index in [0.717, 1.165) is 12.1 Å². The molecule has 1 aromatic heterocycles. The fraction of sp³-hybridized carbons (Fsp3) is 0.250. The number of imidazole rings is 1. The summed E-state index contributed by atoms with van der Waals surface area (Å²) in [6.45, 7) is 5.65. The van der Waals surface area contributed by atoms with Crippen molar-refractivity contribution in [3.05, 3.63) is 24.3 Å². The summed E-state index contributed by atoms with van der Waals surface area (Å²) in [6, 6.07) is 0. The molecule has 0 bridgehead atoms. The highest BCUT2D eigenvalue weighted by molar-refractivity contribution is 6.56. The Bertz CT molecular complexity index is 301. The molecule has 0 aliphatic carbocycles. The van der Waals surface area contributed by atoms with Gasteiger partial charge in [0.2, 0.25) is 0 Å². The van der Waals surface area contributed by atoms with Gasteiger partial charge in [-0.15, -0.1) is 0 Å². The maximum atomic E-state index is 5.34. The van der Waals surface area contributed by atoms with Crippen LogP contribution in [0.25, 0.3) is 6.08 Å². The van der Waals surface area contributed by atoms with Crippen LogP contribution in [0.4, 0.5) is 0 Å². The molecule has 4 heteroatoms. The van der Waals surface area contributed by atoms with Crippen molar-refractivity contribution in [2.24, 2.45) is 5.10 Å². The summed E-state index contributed by atoms with van der Waals surface area (Å²) < 4.78 is 1.60. The smallest absolute Gasteiger partial charge is 0.153 e. The van der Waals surface area contributed by atoms with Crippen molar-refractivity contribution in [3.8, 4) is 0 Å². The normalized spacial score (nSPS) is 10.8. The molecule has 0 aromatic carbocycles. The summed E-state index contributed by atoms with van der Waals surface area (Å²) >= 11 is 5.34. The summed E-state index contributed by atoms with van der Waals surface area (Å²) in [5.74, 6) is 0.712. The van der Waals surface area contributed by atoms with Crippen molar-refractivity contribution in [1.29, 1.82) is 0 Å². The van der Waals surface area contributed by atoms with Gasteiger partial charge in [-0.3, -0.25) is 0 Å². The largest absolute Gasteiger partial charge is 0.232 e. The molecule has 0 unspecified atom stereocenters. The molecule has 0 aliphatic heterocycles. The van der Waals surface area contributed by atoms with Crippen molar-refractivity contribution in [1.82, 2.24) is 9.66 Å². The van der Waals surface area contributed by atoms with E-state index in [1.165, 1.54) is 5.67 Å². The Kier molecular flexibility index (Phi) is 3.05. The first-order valence-corrected chi connectivity index (χ1v) is 4.09. The van der Waals surface area contributed by atoms with Crippen molar-refractivity contribution in [3.63, 3.8) is 0 Å². The number of hydrogen-bond acceptors (Lipinski definition) is 2. The Morgan fingerprint density at radius 3 is 3.08 bits per heavy atom. The molecule has 0 saturated carbocycles. The number of rotatable bonds is 3. The van der Waals surface area contributed by atoms with Gasteiger partial charge in [0, 0.05) is 0 Å². The van der Waals surface area contributed by atoms with Crippen molar-refractivity contribution >= 4 is 23.4 Å². The van der Waals surface area contributed by atoms with Crippen LogP contribution in [0.2, 0.25) is 0 Å². The van der Waals surface area contributed by atoms with Gasteiger partial charge < -0.3 is 0 Å². The number of hydrogen-bond donors (Lipinski definition) is 0. The Hall–Kier alpha value is -1.09. The first-order chi connectivity index (χ1) is 5.81. The Labute approximate surface area is 76.4 Å². The maximum absolute atomic E-state index is 5.34. The molecule has 0 atom stereocenters. The van der Waals surface area contributed by atoms with Crippen molar-refractivity contribution in [2.45, 2.75) is 13.3 Å². The van der Waals surface area contributed by atoms with E-state index in [1.807, 2.05) is 13.1 Å². The predicted molar refractivity (Wildman–Crippen MR) is 51.4 cm³/mol. The lowest BCUT2D eigenvalue weighted by Crippen LogP contribution is -1.88. The van der Waals surface area contributed by atoms with Gasteiger partial charge >= 0.3 is 0 Å². The lowest BCUT2D eigenvalue weighted by molar-refractivity contribution is 0.869.